The monoisotopic (exact) mass is 185 g/mol. The normalized spacial score (nSPS) is 10.5. The summed E-state index contributed by atoms with van der Waals surface area (Å²) in [5, 5.41) is 4.34. The van der Waals surface area contributed by atoms with Gasteiger partial charge in [0.25, 0.3) is 0 Å². The molecule has 1 heterocycles. The molecule has 2 rings (SSSR count). The SMILES string of the molecule is Cc1cccc(-c2c[c]n(C)n2)c1C. The summed E-state index contributed by atoms with van der Waals surface area (Å²) < 4.78 is 1.71. The maximum Gasteiger partial charge on any atom is 0.0932 e. The minimum atomic E-state index is 0.994. The van der Waals surface area contributed by atoms with Gasteiger partial charge in [-0.05, 0) is 31.0 Å². The quantitative estimate of drug-likeness (QED) is 0.667. The van der Waals surface area contributed by atoms with E-state index >= 15 is 0 Å². The van der Waals surface area contributed by atoms with Crippen LogP contribution in [0.25, 0.3) is 11.3 Å². The van der Waals surface area contributed by atoms with Gasteiger partial charge in [0.05, 0.1) is 11.9 Å². The van der Waals surface area contributed by atoms with Crippen LogP contribution >= 0.6 is 0 Å². The minimum absolute atomic E-state index is 0.994. The van der Waals surface area contributed by atoms with E-state index < -0.39 is 0 Å². The zero-order chi connectivity index (χ0) is 10.1. The molecular formula is C12H13N2. The van der Waals surface area contributed by atoms with E-state index in [1.807, 2.05) is 13.1 Å². The average Bonchev–Trinajstić information content (AvgIpc) is 2.57. The second kappa shape index (κ2) is 3.29. The summed E-state index contributed by atoms with van der Waals surface area (Å²) in [4.78, 5) is 0. The van der Waals surface area contributed by atoms with Crippen molar-refractivity contribution in [1.82, 2.24) is 9.78 Å². The van der Waals surface area contributed by atoms with Gasteiger partial charge in [-0.15, -0.1) is 0 Å². The molecule has 0 spiro atoms. The van der Waals surface area contributed by atoms with E-state index in [4.69, 9.17) is 0 Å². The number of hydrogen-bond donors (Lipinski definition) is 0. The van der Waals surface area contributed by atoms with Crippen molar-refractivity contribution in [2.45, 2.75) is 13.8 Å². The zero-order valence-corrected chi connectivity index (χ0v) is 8.70. The van der Waals surface area contributed by atoms with Crippen LogP contribution in [0.15, 0.2) is 24.3 Å². The van der Waals surface area contributed by atoms with Gasteiger partial charge in [0.1, 0.15) is 0 Å². The fourth-order valence-corrected chi connectivity index (χ4v) is 1.53. The first-order valence-corrected chi connectivity index (χ1v) is 4.67. The first-order valence-electron chi connectivity index (χ1n) is 4.67. The van der Waals surface area contributed by atoms with Crippen molar-refractivity contribution in [1.29, 1.82) is 0 Å². The summed E-state index contributed by atoms with van der Waals surface area (Å²) in [6, 6.07) is 8.19. The molecule has 2 aromatic rings. The highest BCUT2D eigenvalue weighted by Crippen LogP contribution is 2.23. The lowest BCUT2D eigenvalue weighted by molar-refractivity contribution is 0.764. The van der Waals surface area contributed by atoms with Crippen molar-refractivity contribution in [3.8, 4) is 11.3 Å². The average molecular weight is 185 g/mol. The van der Waals surface area contributed by atoms with Crippen LogP contribution < -0.4 is 0 Å². The number of aryl methyl sites for hydroxylation is 2. The van der Waals surface area contributed by atoms with E-state index in [1.165, 1.54) is 16.7 Å². The van der Waals surface area contributed by atoms with Crippen molar-refractivity contribution in [2.24, 2.45) is 7.05 Å². The molecule has 0 atom stereocenters. The van der Waals surface area contributed by atoms with Gasteiger partial charge in [-0.2, -0.15) is 5.10 Å². The second-order valence-electron chi connectivity index (χ2n) is 3.53. The van der Waals surface area contributed by atoms with E-state index in [1.54, 1.807) is 4.68 Å². The molecule has 1 aromatic heterocycles. The molecule has 0 fully saturated rings. The Balaban J connectivity index is 2.57. The van der Waals surface area contributed by atoms with Crippen LogP contribution in [-0.4, -0.2) is 9.78 Å². The van der Waals surface area contributed by atoms with Gasteiger partial charge in [-0.25, -0.2) is 0 Å². The molecular weight excluding hydrogens is 172 g/mol. The predicted octanol–water partition coefficient (Wildman–Crippen LogP) is 2.50. The highest BCUT2D eigenvalue weighted by atomic mass is 15.2. The number of nitrogens with zero attached hydrogens (tertiary/aromatic N) is 2. The largest absolute Gasteiger partial charge is 0.266 e. The van der Waals surface area contributed by atoms with Crippen LogP contribution in [0.3, 0.4) is 0 Å². The molecule has 0 N–H and O–H groups in total. The third-order valence-corrected chi connectivity index (χ3v) is 2.53. The minimum Gasteiger partial charge on any atom is -0.266 e. The summed E-state index contributed by atoms with van der Waals surface area (Å²) >= 11 is 0. The van der Waals surface area contributed by atoms with E-state index in [9.17, 15) is 0 Å². The van der Waals surface area contributed by atoms with Crippen molar-refractivity contribution in [2.75, 3.05) is 0 Å². The third-order valence-electron chi connectivity index (χ3n) is 2.53. The molecule has 0 aliphatic carbocycles. The van der Waals surface area contributed by atoms with Gasteiger partial charge < -0.3 is 0 Å². The van der Waals surface area contributed by atoms with Crippen LogP contribution in [0, 0.1) is 20.0 Å². The van der Waals surface area contributed by atoms with Crippen LogP contribution in [0.5, 0.6) is 0 Å². The summed E-state index contributed by atoms with van der Waals surface area (Å²) in [5.41, 5.74) is 4.78. The summed E-state index contributed by atoms with van der Waals surface area (Å²) in [5.74, 6) is 0. The van der Waals surface area contributed by atoms with Crippen LogP contribution in [0.1, 0.15) is 11.1 Å². The highest BCUT2D eigenvalue weighted by Gasteiger charge is 2.05. The Morgan fingerprint density at radius 2 is 2.07 bits per heavy atom. The molecule has 0 saturated heterocycles. The molecule has 2 heteroatoms. The molecule has 0 unspecified atom stereocenters. The van der Waals surface area contributed by atoms with Crippen molar-refractivity contribution < 1.29 is 0 Å². The zero-order valence-electron chi connectivity index (χ0n) is 8.70. The second-order valence-corrected chi connectivity index (χ2v) is 3.53. The maximum absolute atomic E-state index is 4.34. The molecule has 1 aromatic carbocycles. The van der Waals surface area contributed by atoms with Crippen LogP contribution in [0.4, 0.5) is 0 Å². The van der Waals surface area contributed by atoms with Crippen molar-refractivity contribution in [3.05, 3.63) is 41.6 Å². The maximum atomic E-state index is 4.34. The van der Waals surface area contributed by atoms with Crippen molar-refractivity contribution >= 4 is 0 Å². The van der Waals surface area contributed by atoms with Gasteiger partial charge in [0, 0.05) is 12.6 Å². The molecule has 0 amide bonds. The summed E-state index contributed by atoms with van der Waals surface area (Å²) in [7, 11) is 1.88. The summed E-state index contributed by atoms with van der Waals surface area (Å²) in [6.07, 6.45) is 3.02. The van der Waals surface area contributed by atoms with E-state index in [-0.39, 0.29) is 0 Å². The number of aromatic nitrogens is 2. The first-order chi connectivity index (χ1) is 6.68. The van der Waals surface area contributed by atoms with Gasteiger partial charge in [0.2, 0.25) is 0 Å². The Hall–Kier alpha value is -1.57. The van der Waals surface area contributed by atoms with E-state index in [0.29, 0.717) is 0 Å². The molecule has 0 aliphatic heterocycles. The van der Waals surface area contributed by atoms with Crippen LogP contribution in [0.2, 0.25) is 0 Å². The lowest BCUT2D eigenvalue weighted by Gasteiger charge is -2.05. The standard InChI is InChI=1S/C12H13N2/c1-9-5-4-6-11(10(9)2)12-7-8-14(3)13-12/h4-7H,1-3H3. The number of benzene rings is 1. The van der Waals surface area contributed by atoms with Crippen LogP contribution in [-0.2, 0) is 7.05 Å². The highest BCUT2D eigenvalue weighted by molar-refractivity contribution is 5.64. The van der Waals surface area contributed by atoms with Crippen molar-refractivity contribution in [3.63, 3.8) is 0 Å². The van der Waals surface area contributed by atoms with Gasteiger partial charge in [-0.1, -0.05) is 18.2 Å². The lowest BCUT2D eigenvalue weighted by Crippen LogP contribution is -1.91. The van der Waals surface area contributed by atoms with Gasteiger partial charge >= 0.3 is 0 Å². The Bertz CT molecular complexity index is 455. The topological polar surface area (TPSA) is 17.8 Å². The van der Waals surface area contributed by atoms with Gasteiger partial charge in [-0.3, -0.25) is 4.68 Å². The Kier molecular flexibility index (Phi) is 2.12. The molecule has 2 nitrogen and oxygen atoms in total. The Morgan fingerprint density at radius 1 is 1.29 bits per heavy atom. The molecule has 0 aliphatic rings. The summed E-state index contributed by atoms with van der Waals surface area (Å²) in [6.45, 7) is 4.24. The van der Waals surface area contributed by atoms with Gasteiger partial charge in [0.15, 0.2) is 0 Å². The molecule has 14 heavy (non-hydrogen) atoms. The first kappa shape index (κ1) is 9.00. The lowest BCUT2D eigenvalue weighted by atomic mass is 10.0. The number of hydrogen-bond acceptors (Lipinski definition) is 1. The Morgan fingerprint density at radius 3 is 2.71 bits per heavy atom. The smallest absolute Gasteiger partial charge is 0.0932 e. The number of rotatable bonds is 1. The predicted molar refractivity (Wildman–Crippen MR) is 57.0 cm³/mol. The molecule has 0 bridgehead atoms. The Labute approximate surface area is 84.2 Å². The fraction of sp³-hybridized carbons (Fsp3) is 0.250. The molecule has 0 saturated carbocycles. The van der Waals surface area contributed by atoms with E-state index in [0.717, 1.165) is 5.69 Å². The third kappa shape index (κ3) is 1.43. The molecule has 1 radical (unpaired) electrons. The fourth-order valence-electron chi connectivity index (χ4n) is 1.53. The molecule has 71 valence electrons. The van der Waals surface area contributed by atoms with E-state index in [2.05, 4.69) is 43.3 Å².